The van der Waals surface area contributed by atoms with Gasteiger partial charge in [0.1, 0.15) is 0 Å². The van der Waals surface area contributed by atoms with Gasteiger partial charge in [-0.15, -0.1) is 0 Å². The van der Waals surface area contributed by atoms with Crippen LogP contribution in [0.25, 0.3) is 0 Å². The minimum atomic E-state index is -0.927. The van der Waals surface area contributed by atoms with Crippen molar-refractivity contribution in [2.45, 2.75) is 225 Å². The van der Waals surface area contributed by atoms with Crippen LogP contribution in [0.2, 0.25) is 0 Å². The highest BCUT2D eigenvalue weighted by molar-refractivity contribution is 5.76. The number of carbonyl (C=O) groups is 1. The van der Waals surface area contributed by atoms with Crippen LogP contribution in [0.5, 0.6) is 0 Å². The lowest BCUT2D eigenvalue weighted by atomic mass is 10.0. The first kappa shape index (κ1) is 44.8. The molecule has 0 aromatic rings. The summed E-state index contributed by atoms with van der Waals surface area (Å²) >= 11 is 0. The fraction of sp³-hybridized carbons (Fsp3) is 0.878. The van der Waals surface area contributed by atoms with Gasteiger partial charge < -0.3 is 20.6 Å². The Balaban J connectivity index is 3.69. The number of hydrogen-bond acceptors (Lipinski definition) is 4. The predicted molar refractivity (Wildman–Crippen MR) is 199 cm³/mol. The maximum atomic E-state index is 12.4. The Morgan fingerprint density at radius 1 is 0.543 bits per heavy atom. The zero-order chi connectivity index (χ0) is 33.8. The van der Waals surface area contributed by atoms with Crippen molar-refractivity contribution >= 4 is 5.91 Å². The van der Waals surface area contributed by atoms with E-state index < -0.39 is 18.2 Å². The van der Waals surface area contributed by atoms with Gasteiger partial charge in [-0.05, 0) is 44.9 Å². The first-order valence-electron chi connectivity index (χ1n) is 20.1. The molecule has 3 unspecified atom stereocenters. The molecule has 0 saturated heterocycles. The lowest BCUT2D eigenvalue weighted by molar-refractivity contribution is -0.124. The number of rotatable bonds is 36. The molecule has 5 nitrogen and oxygen atoms in total. The third-order valence-corrected chi connectivity index (χ3v) is 9.23. The first-order chi connectivity index (χ1) is 22.5. The topological polar surface area (TPSA) is 89.8 Å². The summed E-state index contributed by atoms with van der Waals surface area (Å²) in [5, 5.41) is 33.1. The molecule has 0 aliphatic rings. The normalized spacial score (nSPS) is 13.9. The molecule has 0 aromatic carbocycles. The van der Waals surface area contributed by atoms with Crippen molar-refractivity contribution in [3.63, 3.8) is 0 Å². The van der Waals surface area contributed by atoms with E-state index in [1.807, 2.05) is 6.08 Å². The lowest BCUT2D eigenvalue weighted by Gasteiger charge is -2.21. The molecule has 5 heteroatoms. The largest absolute Gasteiger partial charge is 0.394 e. The van der Waals surface area contributed by atoms with Crippen LogP contribution in [0, 0.1) is 0 Å². The van der Waals surface area contributed by atoms with Crippen LogP contribution in [0.15, 0.2) is 24.3 Å². The Morgan fingerprint density at radius 3 is 1.33 bits per heavy atom. The maximum Gasteiger partial charge on any atom is 0.222 e. The van der Waals surface area contributed by atoms with Gasteiger partial charge in [-0.25, -0.2) is 0 Å². The van der Waals surface area contributed by atoms with Crippen LogP contribution in [-0.2, 0) is 4.79 Å². The third kappa shape index (κ3) is 32.8. The van der Waals surface area contributed by atoms with E-state index >= 15 is 0 Å². The second-order valence-electron chi connectivity index (χ2n) is 13.9. The van der Waals surface area contributed by atoms with Gasteiger partial charge >= 0.3 is 0 Å². The van der Waals surface area contributed by atoms with Crippen LogP contribution in [-0.4, -0.2) is 46.1 Å². The van der Waals surface area contributed by atoms with Crippen molar-refractivity contribution in [1.82, 2.24) is 5.32 Å². The number of unbranched alkanes of at least 4 members (excludes halogenated alkanes) is 25. The second kappa shape index (κ2) is 36.7. The van der Waals surface area contributed by atoms with Crippen molar-refractivity contribution in [3.8, 4) is 0 Å². The van der Waals surface area contributed by atoms with Gasteiger partial charge in [0.25, 0.3) is 0 Å². The minimum Gasteiger partial charge on any atom is -0.394 e. The summed E-state index contributed by atoms with van der Waals surface area (Å²) in [5.41, 5.74) is 0. The molecule has 0 bridgehead atoms. The average molecular weight is 650 g/mol. The molecular formula is C41H79NO4. The molecule has 0 aromatic heterocycles. The van der Waals surface area contributed by atoms with Crippen LogP contribution >= 0.6 is 0 Å². The summed E-state index contributed by atoms with van der Waals surface area (Å²) in [7, 11) is 0. The third-order valence-electron chi connectivity index (χ3n) is 9.23. The summed E-state index contributed by atoms with van der Waals surface area (Å²) in [6, 6.07) is -0.743. The van der Waals surface area contributed by atoms with Gasteiger partial charge in [0.05, 0.1) is 31.3 Å². The highest BCUT2D eigenvalue weighted by atomic mass is 16.3. The number of allylic oxidation sites excluding steroid dienone is 3. The molecule has 1 amide bonds. The molecular weight excluding hydrogens is 570 g/mol. The molecule has 0 aliphatic heterocycles. The lowest BCUT2D eigenvalue weighted by Crippen LogP contribution is -2.45. The Bertz CT molecular complexity index is 679. The van der Waals surface area contributed by atoms with Gasteiger partial charge in [-0.1, -0.05) is 179 Å². The first-order valence-corrected chi connectivity index (χ1v) is 20.1. The highest BCUT2D eigenvalue weighted by Gasteiger charge is 2.20. The van der Waals surface area contributed by atoms with Crippen LogP contribution in [0.4, 0.5) is 0 Å². The molecule has 0 heterocycles. The van der Waals surface area contributed by atoms with E-state index in [1.165, 1.54) is 141 Å². The van der Waals surface area contributed by atoms with E-state index in [0.29, 0.717) is 6.42 Å². The summed E-state index contributed by atoms with van der Waals surface area (Å²) in [6.45, 7) is 4.20. The molecule has 0 spiro atoms. The zero-order valence-corrected chi connectivity index (χ0v) is 30.7. The Hall–Kier alpha value is -1.17. The standard InChI is InChI=1S/C41H79NO4/c1-3-5-7-9-11-13-15-17-18-19-20-21-22-23-24-26-28-30-32-34-38(44)36-41(46)42-39(37-43)40(45)35-33-31-29-27-25-16-14-12-10-8-6-4-2/h21-22,33,35,38-40,43-45H,3-20,23-32,34,36-37H2,1-2H3,(H,42,46)/b22-21-,35-33+. The molecule has 3 atom stereocenters. The van der Waals surface area contributed by atoms with E-state index in [4.69, 9.17) is 0 Å². The number of amides is 1. The quantitative estimate of drug-likeness (QED) is 0.0401. The zero-order valence-electron chi connectivity index (χ0n) is 30.7. The SMILES string of the molecule is CCCCCCCCCCCC/C=C\CCCCCCCC(O)CC(=O)NC(CO)C(O)/C=C/CCCCCCCCCCCC. The molecule has 4 N–H and O–H groups in total. The number of aliphatic hydroxyl groups excluding tert-OH is 3. The van der Waals surface area contributed by atoms with Gasteiger partial charge in [0, 0.05) is 0 Å². The van der Waals surface area contributed by atoms with Crippen LogP contribution < -0.4 is 5.32 Å². The molecule has 0 aliphatic carbocycles. The fourth-order valence-corrected chi connectivity index (χ4v) is 6.10. The Labute approximate surface area is 286 Å². The monoisotopic (exact) mass is 650 g/mol. The minimum absolute atomic E-state index is 0.00931. The van der Waals surface area contributed by atoms with E-state index in [2.05, 4.69) is 31.3 Å². The summed E-state index contributed by atoms with van der Waals surface area (Å²) in [4.78, 5) is 12.4. The molecule has 0 rings (SSSR count). The Morgan fingerprint density at radius 2 is 0.913 bits per heavy atom. The van der Waals surface area contributed by atoms with Crippen LogP contribution in [0.1, 0.15) is 206 Å². The molecule has 0 fully saturated rings. The van der Waals surface area contributed by atoms with Crippen molar-refractivity contribution in [2.24, 2.45) is 0 Å². The van der Waals surface area contributed by atoms with E-state index in [-0.39, 0.29) is 18.9 Å². The smallest absolute Gasteiger partial charge is 0.222 e. The molecule has 0 saturated carbocycles. The maximum absolute atomic E-state index is 12.4. The number of hydrogen-bond donors (Lipinski definition) is 4. The predicted octanol–water partition coefficient (Wildman–Crippen LogP) is 11.0. The number of aliphatic hydroxyl groups is 3. The van der Waals surface area contributed by atoms with Crippen LogP contribution in [0.3, 0.4) is 0 Å². The highest BCUT2D eigenvalue weighted by Crippen LogP contribution is 2.14. The molecule has 272 valence electrons. The number of carbonyl (C=O) groups excluding carboxylic acids is 1. The van der Waals surface area contributed by atoms with Crippen molar-refractivity contribution in [1.29, 1.82) is 0 Å². The second-order valence-corrected chi connectivity index (χ2v) is 13.9. The molecule has 0 radical (unpaired) electrons. The Kier molecular flexibility index (Phi) is 35.7. The van der Waals surface area contributed by atoms with Gasteiger partial charge in [-0.3, -0.25) is 4.79 Å². The average Bonchev–Trinajstić information content (AvgIpc) is 3.05. The van der Waals surface area contributed by atoms with Gasteiger partial charge in [0.15, 0.2) is 0 Å². The summed E-state index contributed by atoms with van der Waals surface area (Å²) in [6.07, 6.45) is 43.1. The van der Waals surface area contributed by atoms with Crippen molar-refractivity contribution in [3.05, 3.63) is 24.3 Å². The summed E-state index contributed by atoms with van der Waals surface area (Å²) in [5.74, 6) is -0.321. The van der Waals surface area contributed by atoms with Crippen molar-refractivity contribution in [2.75, 3.05) is 6.61 Å². The van der Waals surface area contributed by atoms with Gasteiger partial charge in [0.2, 0.25) is 5.91 Å². The van der Waals surface area contributed by atoms with E-state index in [9.17, 15) is 20.1 Å². The van der Waals surface area contributed by atoms with Gasteiger partial charge in [-0.2, -0.15) is 0 Å². The summed E-state index contributed by atoms with van der Waals surface area (Å²) < 4.78 is 0. The fourth-order valence-electron chi connectivity index (χ4n) is 6.10. The van der Waals surface area contributed by atoms with Crippen molar-refractivity contribution < 1.29 is 20.1 Å². The van der Waals surface area contributed by atoms with E-state index in [1.54, 1.807) is 6.08 Å². The number of nitrogens with one attached hydrogen (secondary N) is 1. The molecule has 46 heavy (non-hydrogen) atoms. The van der Waals surface area contributed by atoms with E-state index in [0.717, 1.165) is 38.5 Å².